The number of ether oxygens (including phenoxy) is 1. The van der Waals surface area contributed by atoms with Crippen LogP contribution in [0.5, 0.6) is 0 Å². The van der Waals surface area contributed by atoms with Gasteiger partial charge in [0.15, 0.2) is 0 Å². The Bertz CT molecular complexity index is 281. The van der Waals surface area contributed by atoms with Gasteiger partial charge in [0.1, 0.15) is 0 Å². The Hall–Kier alpha value is -0.0800. The smallest absolute Gasteiger partial charge is 0.0685 e. The summed E-state index contributed by atoms with van der Waals surface area (Å²) in [6, 6.07) is 1.48. The molecule has 3 fully saturated rings. The zero-order chi connectivity index (χ0) is 12.6. The maximum Gasteiger partial charge on any atom is 0.0685 e. The summed E-state index contributed by atoms with van der Waals surface area (Å²) in [6.07, 6.45) is 11.8. The van der Waals surface area contributed by atoms with E-state index in [1.807, 2.05) is 0 Å². The third-order valence-corrected chi connectivity index (χ3v) is 5.62. The first-order valence-electron chi connectivity index (χ1n) is 8.07. The Balaban J connectivity index is 1.58. The average Bonchev–Trinajstić information content (AvgIpc) is 2.74. The number of fused-ring (bicyclic) bond motifs is 1. The third kappa shape index (κ3) is 2.22. The van der Waals surface area contributed by atoms with Crippen molar-refractivity contribution in [2.24, 2.45) is 11.3 Å². The zero-order valence-electron chi connectivity index (χ0n) is 12.1. The average molecular weight is 251 g/mol. The number of hydrogen-bond donors (Lipinski definition) is 1. The van der Waals surface area contributed by atoms with E-state index in [9.17, 15) is 0 Å². The second kappa shape index (κ2) is 5.13. The van der Waals surface area contributed by atoms with Crippen LogP contribution in [0, 0.1) is 11.3 Å². The fourth-order valence-electron chi connectivity index (χ4n) is 4.54. The molecule has 0 radical (unpaired) electrons. The lowest BCUT2D eigenvalue weighted by atomic mass is 9.57. The van der Waals surface area contributed by atoms with Gasteiger partial charge < -0.3 is 10.1 Å². The second-order valence-corrected chi connectivity index (χ2v) is 7.25. The molecule has 2 aliphatic carbocycles. The molecule has 2 saturated carbocycles. The van der Waals surface area contributed by atoms with Crippen molar-refractivity contribution >= 4 is 0 Å². The van der Waals surface area contributed by atoms with Crippen LogP contribution in [0.25, 0.3) is 0 Å². The lowest BCUT2D eigenvalue weighted by Gasteiger charge is -2.56. The Kier molecular flexibility index (Phi) is 3.68. The maximum atomic E-state index is 5.89. The molecule has 2 heteroatoms. The van der Waals surface area contributed by atoms with Crippen LogP contribution >= 0.6 is 0 Å². The molecule has 3 rings (SSSR count). The van der Waals surface area contributed by atoms with Gasteiger partial charge in [-0.15, -0.1) is 0 Å². The fraction of sp³-hybridized carbons (Fsp3) is 1.00. The Morgan fingerprint density at radius 2 is 1.61 bits per heavy atom. The standard InChI is InChI=1S/C16H29NO/c1-16(2)14(13-10-11-18-15(13)16)17-12-8-6-4-3-5-7-9-12/h12-15,17H,3-11H2,1-2H3. The normalized spacial score (nSPS) is 40.7. The molecule has 3 unspecified atom stereocenters. The van der Waals surface area contributed by atoms with Gasteiger partial charge in [0.25, 0.3) is 0 Å². The molecule has 0 amide bonds. The minimum Gasteiger partial charge on any atom is -0.377 e. The van der Waals surface area contributed by atoms with E-state index < -0.39 is 0 Å². The van der Waals surface area contributed by atoms with Crippen molar-refractivity contribution in [1.29, 1.82) is 0 Å². The molecule has 104 valence electrons. The number of hydrogen-bond acceptors (Lipinski definition) is 2. The summed E-state index contributed by atoms with van der Waals surface area (Å²) >= 11 is 0. The molecule has 0 bridgehead atoms. The fourth-order valence-corrected chi connectivity index (χ4v) is 4.54. The van der Waals surface area contributed by atoms with Gasteiger partial charge >= 0.3 is 0 Å². The highest BCUT2D eigenvalue weighted by atomic mass is 16.5. The lowest BCUT2D eigenvalue weighted by molar-refractivity contribution is -0.116. The first-order chi connectivity index (χ1) is 8.69. The molecule has 1 aliphatic heterocycles. The van der Waals surface area contributed by atoms with Gasteiger partial charge in [0.2, 0.25) is 0 Å². The molecular formula is C16H29NO. The molecule has 0 aromatic rings. The molecular weight excluding hydrogens is 222 g/mol. The second-order valence-electron chi connectivity index (χ2n) is 7.25. The van der Waals surface area contributed by atoms with E-state index in [1.54, 1.807) is 0 Å². The van der Waals surface area contributed by atoms with Crippen molar-refractivity contribution in [3.8, 4) is 0 Å². The highest BCUT2D eigenvalue weighted by Crippen LogP contribution is 2.52. The summed E-state index contributed by atoms with van der Waals surface area (Å²) in [5.74, 6) is 0.797. The molecule has 1 heterocycles. The van der Waals surface area contributed by atoms with E-state index in [4.69, 9.17) is 4.74 Å². The summed E-state index contributed by atoms with van der Waals surface area (Å²) in [6.45, 7) is 5.77. The van der Waals surface area contributed by atoms with Gasteiger partial charge in [-0.25, -0.2) is 0 Å². The molecule has 18 heavy (non-hydrogen) atoms. The van der Waals surface area contributed by atoms with Crippen molar-refractivity contribution in [2.75, 3.05) is 6.61 Å². The van der Waals surface area contributed by atoms with Crippen molar-refractivity contribution in [2.45, 2.75) is 83.4 Å². The van der Waals surface area contributed by atoms with Crippen LogP contribution in [0.1, 0.15) is 65.2 Å². The van der Waals surface area contributed by atoms with E-state index in [0.29, 0.717) is 17.6 Å². The van der Waals surface area contributed by atoms with Crippen LogP contribution in [0.15, 0.2) is 0 Å². The van der Waals surface area contributed by atoms with Crippen LogP contribution in [-0.2, 0) is 4.74 Å². The Morgan fingerprint density at radius 3 is 2.33 bits per heavy atom. The highest BCUT2D eigenvalue weighted by Gasteiger charge is 2.59. The van der Waals surface area contributed by atoms with Gasteiger partial charge in [-0.2, -0.15) is 0 Å². The number of nitrogens with one attached hydrogen (secondary N) is 1. The van der Waals surface area contributed by atoms with E-state index in [1.165, 1.54) is 51.4 Å². The molecule has 0 aromatic heterocycles. The van der Waals surface area contributed by atoms with Gasteiger partial charge in [0, 0.05) is 30.0 Å². The SMILES string of the molecule is CC1(C)C(NC2CCCCCCC2)C2CCOC21. The van der Waals surface area contributed by atoms with Gasteiger partial charge in [-0.3, -0.25) is 0 Å². The minimum atomic E-state index is 0.351. The predicted octanol–water partition coefficient (Wildman–Crippen LogP) is 3.50. The molecule has 3 aliphatic rings. The summed E-state index contributed by atoms with van der Waals surface area (Å²) in [5.41, 5.74) is 0.351. The molecule has 2 nitrogen and oxygen atoms in total. The number of rotatable bonds is 2. The van der Waals surface area contributed by atoms with Crippen molar-refractivity contribution < 1.29 is 4.74 Å². The Morgan fingerprint density at radius 1 is 0.944 bits per heavy atom. The monoisotopic (exact) mass is 251 g/mol. The predicted molar refractivity (Wildman–Crippen MR) is 74.7 cm³/mol. The molecule has 1 N–H and O–H groups in total. The van der Waals surface area contributed by atoms with Crippen LogP contribution in [0.4, 0.5) is 0 Å². The van der Waals surface area contributed by atoms with Gasteiger partial charge in [0.05, 0.1) is 6.10 Å². The van der Waals surface area contributed by atoms with E-state index in [2.05, 4.69) is 19.2 Å². The maximum absolute atomic E-state index is 5.89. The van der Waals surface area contributed by atoms with Crippen molar-refractivity contribution in [1.82, 2.24) is 5.32 Å². The first kappa shape index (κ1) is 12.9. The first-order valence-corrected chi connectivity index (χ1v) is 8.07. The van der Waals surface area contributed by atoms with Crippen molar-refractivity contribution in [3.05, 3.63) is 0 Å². The molecule has 0 aromatic carbocycles. The third-order valence-electron chi connectivity index (χ3n) is 5.62. The molecule has 3 atom stereocenters. The van der Waals surface area contributed by atoms with Crippen LogP contribution in [-0.4, -0.2) is 24.8 Å². The van der Waals surface area contributed by atoms with E-state index in [0.717, 1.165) is 18.6 Å². The van der Waals surface area contributed by atoms with Crippen LogP contribution < -0.4 is 5.32 Å². The van der Waals surface area contributed by atoms with Gasteiger partial charge in [-0.05, 0) is 19.3 Å². The lowest BCUT2D eigenvalue weighted by Crippen LogP contribution is -2.67. The van der Waals surface area contributed by atoms with E-state index in [-0.39, 0.29) is 0 Å². The van der Waals surface area contributed by atoms with Crippen LogP contribution in [0.2, 0.25) is 0 Å². The Labute approximate surface area is 112 Å². The quantitative estimate of drug-likeness (QED) is 0.811. The summed E-state index contributed by atoms with van der Waals surface area (Å²) in [7, 11) is 0. The minimum absolute atomic E-state index is 0.351. The largest absolute Gasteiger partial charge is 0.377 e. The zero-order valence-corrected chi connectivity index (χ0v) is 12.1. The molecule has 1 saturated heterocycles. The topological polar surface area (TPSA) is 21.3 Å². The van der Waals surface area contributed by atoms with Crippen LogP contribution in [0.3, 0.4) is 0 Å². The van der Waals surface area contributed by atoms with E-state index >= 15 is 0 Å². The summed E-state index contributed by atoms with van der Waals surface area (Å²) in [4.78, 5) is 0. The van der Waals surface area contributed by atoms with Gasteiger partial charge in [-0.1, -0.05) is 46.0 Å². The summed E-state index contributed by atoms with van der Waals surface area (Å²) < 4.78 is 5.89. The highest BCUT2D eigenvalue weighted by molar-refractivity contribution is 5.11. The summed E-state index contributed by atoms with van der Waals surface area (Å²) in [5, 5.41) is 4.00. The van der Waals surface area contributed by atoms with Crippen molar-refractivity contribution in [3.63, 3.8) is 0 Å². The molecule has 0 spiro atoms.